The maximum absolute atomic E-state index is 13.1. The number of carbonyl (C=O) groups excluding carboxylic acids is 2. The number of rotatable bonds is 11. The van der Waals surface area contributed by atoms with Crippen LogP contribution in [0.3, 0.4) is 0 Å². The Morgan fingerprint density at radius 1 is 1.31 bits per heavy atom. The molecule has 36 heavy (non-hydrogen) atoms. The first-order valence-corrected chi connectivity index (χ1v) is 14.0. The average Bonchev–Trinajstić information content (AvgIpc) is 2.85. The lowest BCUT2D eigenvalue weighted by atomic mass is 9.85. The molecule has 0 radical (unpaired) electrons. The first-order chi connectivity index (χ1) is 16.9. The highest BCUT2D eigenvalue weighted by Crippen LogP contribution is 2.41. The van der Waals surface area contributed by atoms with Crippen molar-refractivity contribution in [1.29, 1.82) is 0 Å². The normalized spacial score (nSPS) is 17.3. The number of aliphatic hydroxyl groups is 1. The molecule has 1 saturated heterocycles. The van der Waals surface area contributed by atoms with Gasteiger partial charge in [0.15, 0.2) is 0 Å². The predicted molar refractivity (Wildman–Crippen MR) is 145 cm³/mol. The highest BCUT2D eigenvalue weighted by Gasteiger charge is 2.38. The molecular weight excluding hydrogens is 549 g/mol. The molecule has 0 saturated carbocycles. The van der Waals surface area contributed by atoms with E-state index in [1.165, 1.54) is 0 Å². The molecule has 0 aliphatic carbocycles. The summed E-state index contributed by atoms with van der Waals surface area (Å²) in [5.74, 6) is -0.674. The smallest absolute Gasteiger partial charge is 0.253 e. The Morgan fingerprint density at radius 3 is 2.47 bits per heavy atom. The Bertz CT molecular complexity index is 923. The van der Waals surface area contributed by atoms with Crippen molar-refractivity contribution in [3.63, 3.8) is 0 Å². The van der Waals surface area contributed by atoms with Crippen molar-refractivity contribution in [3.05, 3.63) is 40.4 Å². The summed E-state index contributed by atoms with van der Waals surface area (Å²) in [6.07, 6.45) is 1.41. The zero-order valence-corrected chi connectivity index (χ0v) is 23.8. The summed E-state index contributed by atoms with van der Waals surface area (Å²) in [5, 5.41) is 13.3. The van der Waals surface area contributed by atoms with Gasteiger partial charge in [-0.2, -0.15) is 0 Å². The van der Waals surface area contributed by atoms with E-state index in [-0.39, 0.29) is 24.9 Å². The lowest BCUT2D eigenvalue weighted by Crippen LogP contribution is -2.50. The third-order valence-electron chi connectivity index (χ3n) is 5.76. The molecule has 2 amide bonds. The lowest BCUT2D eigenvalue weighted by Gasteiger charge is -2.38. The highest BCUT2D eigenvalue weighted by atomic mass is 35.5. The number of amides is 2. The van der Waals surface area contributed by atoms with Gasteiger partial charge in [-0.1, -0.05) is 35.9 Å². The molecule has 2 rings (SSSR count). The lowest BCUT2D eigenvalue weighted by molar-refractivity contribution is -0.141. The van der Waals surface area contributed by atoms with Crippen LogP contribution in [0.4, 0.5) is 0 Å². The molecule has 0 aromatic heterocycles. The van der Waals surface area contributed by atoms with E-state index in [4.69, 9.17) is 39.5 Å². The molecular formula is C24H34Cl3N3O5S. The second-order valence-electron chi connectivity index (χ2n) is 9.50. The van der Waals surface area contributed by atoms with Gasteiger partial charge in [0.2, 0.25) is 5.91 Å². The number of nitrogens with zero attached hydrogens (tertiary/aromatic N) is 1. The molecule has 1 fully saturated rings. The molecule has 0 spiro atoms. The van der Waals surface area contributed by atoms with Crippen molar-refractivity contribution in [2.45, 2.75) is 50.5 Å². The summed E-state index contributed by atoms with van der Waals surface area (Å²) < 4.78 is 21.7. The number of likely N-dealkylation sites (tertiary alicyclic amines) is 1. The van der Waals surface area contributed by atoms with Gasteiger partial charge in [-0.3, -0.25) is 9.59 Å². The van der Waals surface area contributed by atoms with E-state index in [9.17, 15) is 19.2 Å². The van der Waals surface area contributed by atoms with E-state index >= 15 is 0 Å². The number of piperidine rings is 1. The minimum absolute atomic E-state index is 0.0169. The van der Waals surface area contributed by atoms with E-state index in [1.807, 2.05) is 20.8 Å². The number of hydrogen-bond acceptors (Lipinski definition) is 6. The van der Waals surface area contributed by atoms with Gasteiger partial charge >= 0.3 is 0 Å². The number of nitrogens with one attached hydrogen (secondary N) is 2. The number of alkyl halides is 1. The summed E-state index contributed by atoms with van der Waals surface area (Å²) >= 11 is 16.6. The third kappa shape index (κ3) is 8.68. The standard InChI is InChI=1S/C24H34Cl3N3O5S/c1-5-10-35-20-12-18(27)17(26)11-16(20)22(29-36(34)24(2,3)4)15-6-8-30(9-7-15)23(33)19(31)14-28-21(32)13-25/h5,11-12,15,19,22,29,31H,1,6-10,13-14H2,2-4H3,(H,28,32)/t19-,22+,36-/m0/s1. The number of halogens is 3. The molecule has 0 unspecified atom stereocenters. The van der Waals surface area contributed by atoms with Gasteiger partial charge in [0, 0.05) is 36.1 Å². The van der Waals surface area contributed by atoms with E-state index in [1.54, 1.807) is 23.1 Å². The Labute approximate surface area is 231 Å². The quantitative estimate of drug-likeness (QED) is 0.209. The molecule has 1 aromatic rings. The van der Waals surface area contributed by atoms with Gasteiger partial charge in [-0.25, -0.2) is 0 Å². The number of hydrogen-bond donors (Lipinski definition) is 3. The first kappa shape index (κ1) is 31.0. The van der Waals surface area contributed by atoms with Gasteiger partial charge < -0.3 is 24.6 Å². The Hall–Kier alpha value is -1.20. The van der Waals surface area contributed by atoms with Crippen molar-refractivity contribution in [3.8, 4) is 5.75 Å². The topological polar surface area (TPSA) is 114 Å². The predicted octanol–water partition coefficient (Wildman–Crippen LogP) is 3.61. The van der Waals surface area contributed by atoms with Gasteiger partial charge in [0.05, 0.1) is 22.6 Å². The Morgan fingerprint density at radius 2 is 1.92 bits per heavy atom. The molecule has 1 heterocycles. The molecule has 8 nitrogen and oxygen atoms in total. The zero-order chi connectivity index (χ0) is 27.0. The second-order valence-corrected chi connectivity index (χ2v) is 12.6. The monoisotopic (exact) mass is 581 g/mol. The molecule has 1 aliphatic heterocycles. The number of benzene rings is 1. The zero-order valence-electron chi connectivity index (χ0n) is 20.7. The maximum atomic E-state index is 13.1. The van der Waals surface area contributed by atoms with Crippen LogP contribution in [-0.4, -0.2) is 69.3 Å². The van der Waals surface area contributed by atoms with Crippen LogP contribution < -0.4 is 14.8 Å². The molecule has 3 atom stereocenters. The summed E-state index contributed by atoms with van der Waals surface area (Å²) in [7, 11) is 0. The number of carbonyl (C=O) groups is 2. The van der Waals surface area contributed by atoms with E-state index in [0.717, 1.165) is 5.56 Å². The number of ether oxygens (including phenoxy) is 1. The average molecular weight is 583 g/mol. The minimum Gasteiger partial charge on any atom is -0.598 e. The van der Waals surface area contributed by atoms with Crippen LogP contribution in [0.5, 0.6) is 5.75 Å². The van der Waals surface area contributed by atoms with E-state index in [0.29, 0.717) is 41.7 Å². The summed E-state index contributed by atoms with van der Waals surface area (Å²) in [5.41, 5.74) is 0.720. The van der Waals surface area contributed by atoms with Crippen LogP contribution >= 0.6 is 34.8 Å². The fourth-order valence-corrected chi connectivity index (χ4v) is 5.10. The van der Waals surface area contributed by atoms with Crippen LogP contribution in [0.1, 0.15) is 45.2 Å². The van der Waals surface area contributed by atoms with Gasteiger partial charge in [0.25, 0.3) is 5.91 Å². The summed E-state index contributed by atoms with van der Waals surface area (Å²) in [4.78, 5) is 25.6. The van der Waals surface area contributed by atoms with Crippen LogP contribution in [0.25, 0.3) is 0 Å². The molecule has 0 bridgehead atoms. The van der Waals surface area contributed by atoms with Crippen molar-refractivity contribution in [2.24, 2.45) is 5.92 Å². The SMILES string of the molecule is C=CCOc1cc(Cl)c(Cl)cc1[C@H](N[S@@+]([O-])C(C)(C)C)C1CCN(C(=O)[C@@H](O)CNC(=O)CCl)CC1. The van der Waals surface area contributed by atoms with Crippen LogP contribution in [0.2, 0.25) is 10.0 Å². The molecule has 1 aliphatic rings. The van der Waals surface area contributed by atoms with Crippen LogP contribution in [0, 0.1) is 5.92 Å². The van der Waals surface area contributed by atoms with Crippen molar-refractivity contribution in [2.75, 3.05) is 32.1 Å². The maximum Gasteiger partial charge on any atom is 0.253 e. The van der Waals surface area contributed by atoms with Crippen molar-refractivity contribution < 1.29 is 24.0 Å². The molecule has 1 aromatic carbocycles. The minimum atomic E-state index is -1.40. The van der Waals surface area contributed by atoms with Crippen molar-refractivity contribution >= 4 is 58.0 Å². The summed E-state index contributed by atoms with van der Waals surface area (Å²) in [6, 6.07) is 2.97. The Kier molecular flexibility index (Phi) is 12.1. The van der Waals surface area contributed by atoms with Gasteiger partial charge in [-0.15, -0.1) is 16.3 Å². The van der Waals surface area contributed by atoms with Gasteiger partial charge in [-0.05, 0) is 45.6 Å². The second kappa shape index (κ2) is 14.1. The third-order valence-corrected chi connectivity index (χ3v) is 8.30. The first-order valence-electron chi connectivity index (χ1n) is 11.6. The fourth-order valence-electron chi connectivity index (χ4n) is 3.78. The molecule has 12 heteroatoms. The Balaban J connectivity index is 2.24. The molecule has 3 N–H and O–H groups in total. The largest absolute Gasteiger partial charge is 0.598 e. The van der Waals surface area contributed by atoms with Crippen LogP contribution in [-0.2, 0) is 21.0 Å². The van der Waals surface area contributed by atoms with E-state index in [2.05, 4.69) is 16.6 Å². The van der Waals surface area contributed by atoms with Crippen molar-refractivity contribution in [1.82, 2.24) is 14.9 Å². The number of aliphatic hydroxyl groups excluding tert-OH is 1. The van der Waals surface area contributed by atoms with Crippen LogP contribution in [0.15, 0.2) is 24.8 Å². The summed E-state index contributed by atoms with van der Waals surface area (Å²) in [6.45, 7) is 10.1. The van der Waals surface area contributed by atoms with E-state index < -0.39 is 40.1 Å². The highest BCUT2D eigenvalue weighted by molar-refractivity contribution is 7.90. The fraction of sp³-hybridized carbons (Fsp3) is 0.583. The van der Waals surface area contributed by atoms with Gasteiger partial charge in [0.1, 0.15) is 29.1 Å². The molecule has 202 valence electrons.